The SMILES string of the molecule is CC(=O)N1CCN(C(=O)/C(C#N)=C\Nc2ccccc2C#N)CC1. The number of piperazine rings is 1. The number of hydrogen-bond acceptors (Lipinski definition) is 5. The van der Waals surface area contributed by atoms with Crippen LogP contribution in [0.5, 0.6) is 0 Å². The maximum absolute atomic E-state index is 12.4. The van der Waals surface area contributed by atoms with Crippen LogP contribution in [0.3, 0.4) is 0 Å². The molecule has 1 fully saturated rings. The van der Waals surface area contributed by atoms with Crippen molar-refractivity contribution in [2.75, 3.05) is 31.5 Å². The van der Waals surface area contributed by atoms with Gasteiger partial charge in [0.25, 0.3) is 5.91 Å². The van der Waals surface area contributed by atoms with Gasteiger partial charge in [-0.05, 0) is 12.1 Å². The summed E-state index contributed by atoms with van der Waals surface area (Å²) in [6.07, 6.45) is 1.32. The van der Waals surface area contributed by atoms with E-state index in [0.29, 0.717) is 37.4 Å². The van der Waals surface area contributed by atoms with Gasteiger partial charge in [-0.3, -0.25) is 9.59 Å². The van der Waals surface area contributed by atoms with Crippen LogP contribution in [0.1, 0.15) is 12.5 Å². The first-order chi connectivity index (χ1) is 11.6. The highest BCUT2D eigenvalue weighted by atomic mass is 16.2. The second kappa shape index (κ2) is 7.80. The zero-order valence-electron chi connectivity index (χ0n) is 13.3. The lowest BCUT2D eigenvalue weighted by molar-refractivity contribution is -0.136. The lowest BCUT2D eigenvalue weighted by Crippen LogP contribution is -2.50. The first kappa shape index (κ1) is 17.0. The first-order valence-electron chi connectivity index (χ1n) is 7.47. The number of benzene rings is 1. The third kappa shape index (κ3) is 3.90. The normalized spacial score (nSPS) is 14.5. The molecule has 1 aliphatic heterocycles. The van der Waals surface area contributed by atoms with E-state index >= 15 is 0 Å². The van der Waals surface area contributed by atoms with E-state index in [9.17, 15) is 14.9 Å². The van der Waals surface area contributed by atoms with Crippen molar-refractivity contribution in [3.8, 4) is 12.1 Å². The molecular formula is C17H17N5O2. The Kier molecular flexibility index (Phi) is 5.54. The van der Waals surface area contributed by atoms with E-state index in [0.717, 1.165) is 0 Å². The summed E-state index contributed by atoms with van der Waals surface area (Å²) < 4.78 is 0. The van der Waals surface area contributed by atoms with E-state index in [1.807, 2.05) is 12.1 Å². The lowest BCUT2D eigenvalue weighted by Gasteiger charge is -2.34. The van der Waals surface area contributed by atoms with E-state index in [1.165, 1.54) is 13.1 Å². The Morgan fingerprint density at radius 1 is 1.12 bits per heavy atom. The molecule has 1 saturated heterocycles. The summed E-state index contributed by atoms with van der Waals surface area (Å²) in [7, 11) is 0. The Morgan fingerprint density at radius 3 is 2.33 bits per heavy atom. The van der Waals surface area contributed by atoms with Gasteiger partial charge in [-0.1, -0.05) is 12.1 Å². The zero-order valence-corrected chi connectivity index (χ0v) is 13.3. The minimum Gasteiger partial charge on any atom is -0.359 e. The quantitative estimate of drug-likeness (QED) is 0.662. The van der Waals surface area contributed by atoms with Crippen LogP contribution in [0.4, 0.5) is 5.69 Å². The van der Waals surface area contributed by atoms with Crippen molar-refractivity contribution in [2.24, 2.45) is 0 Å². The predicted molar refractivity (Wildman–Crippen MR) is 87.3 cm³/mol. The first-order valence-corrected chi connectivity index (χ1v) is 7.47. The number of para-hydroxylation sites is 1. The van der Waals surface area contributed by atoms with Gasteiger partial charge in [0.1, 0.15) is 17.7 Å². The van der Waals surface area contributed by atoms with Crippen LogP contribution in [0.2, 0.25) is 0 Å². The number of nitrogens with one attached hydrogen (secondary N) is 1. The largest absolute Gasteiger partial charge is 0.359 e. The highest BCUT2D eigenvalue weighted by Crippen LogP contribution is 2.14. The summed E-state index contributed by atoms with van der Waals surface area (Å²) in [6, 6.07) is 10.8. The third-order valence-electron chi connectivity index (χ3n) is 3.78. The predicted octanol–water partition coefficient (Wildman–Crippen LogP) is 1.07. The number of nitrogens with zero attached hydrogens (tertiary/aromatic N) is 4. The minimum atomic E-state index is -0.386. The van der Waals surface area contributed by atoms with Crippen molar-refractivity contribution in [1.29, 1.82) is 10.5 Å². The van der Waals surface area contributed by atoms with Crippen LogP contribution in [0.25, 0.3) is 0 Å². The summed E-state index contributed by atoms with van der Waals surface area (Å²) in [5, 5.41) is 21.1. The molecule has 7 heteroatoms. The van der Waals surface area contributed by atoms with Crippen molar-refractivity contribution in [1.82, 2.24) is 9.80 Å². The summed E-state index contributed by atoms with van der Waals surface area (Å²) in [5.41, 5.74) is 0.912. The van der Waals surface area contributed by atoms with Gasteiger partial charge >= 0.3 is 0 Å². The topological polar surface area (TPSA) is 100 Å². The second-order valence-electron chi connectivity index (χ2n) is 5.27. The number of carbonyl (C=O) groups excluding carboxylic acids is 2. The van der Waals surface area contributed by atoms with Gasteiger partial charge in [0, 0.05) is 39.3 Å². The minimum absolute atomic E-state index is 0.0204. The molecule has 122 valence electrons. The molecule has 0 bridgehead atoms. The third-order valence-corrected chi connectivity index (χ3v) is 3.78. The maximum atomic E-state index is 12.4. The maximum Gasteiger partial charge on any atom is 0.266 e. The molecule has 24 heavy (non-hydrogen) atoms. The Bertz CT molecular complexity index is 749. The fourth-order valence-corrected chi connectivity index (χ4v) is 2.39. The molecular weight excluding hydrogens is 306 g/mol. The number of amides is 2. The highest BCUT2D eigenvalue weighted by molar-refractivity contribution is 5.97. The summed E-state index contributed by atoms with van der Waals surface area (Å²) in [4.78, 5) is 26.9. The number of nitriles is 2. The van der Waals surface area contributed by atoms with Crippen molar-refractivity contribution >= 4 is 17.5 Å². The van der Waals surface area contributed by atoms with E-state index < -0.39 is 0 Å². The van der Waals surface area contributed by atoms with E-state index in [-0.39, 0.29) is 17.4 Å². The van der Waals surface area contributed by atoms with Gasteiger partial charge in [0.05, 0.1) is 11.3 Å². The lowest BCUT2D eigenvalue weighted by atomic mass is 10.2. The van der Waals surface area contributed by atoms with Crippen molar-refractivity contribution in [3.05, 3.63) is 41.6 Å². The smallest absolute Gasteiger partial charge is 0.266 e. The van der Waals surface area contributed by atoms with Gasteiger partial charge < -0.3 is 15.1 Å². The van der Waals surface area contributed by atoms with Crippen LogP contribution in [0.15, 0.2) is 36.0 Å². The molecule has 0 aromatic heterocycles. The molecule has 0 atom stereocenters. The standard InChI is InChI=1S/C17H17N5O2/c1-13(23)21-6-8-22(9-7-21)17(24)15(11-19)12-20-16-5-3-2-4-14(16)10-18/h2-5,12,20H,6-9H2,1H3/b15-12-. The zero-order chi connectivity index (χ0) is 17.5. The average Bonchev–Trinajstić information content (AvgIpc) is 2.62. The molecule has 7 nitrogen and oxygen atoms in total. The molecule has 0 spiro atoms. The van der Waals surface area contributed by atoms with E-state index in [2.05, 4.69) is 5.32 Å². The van der Waals surface area contributed by atoms with E-state index in [4.69, 9.17) is 5.26 Å². The Labute approximate surface area is 140 Å². The molecule has 1 aromatic carbocycles. The number of rotatable bonds is 3. The molecule has 1 aliphatic rings. The van der Waals surface area contributed by atoms with Gasteiger partial charge in [0.2, 0.25) is 5.91 Å². The van der Waals surface area contributed by atoms with Crippen LogP contribution in [-0.4, -0.2) is 47.8 Å². The number of hydrogen-bond donors (Lipinski definition) is 1. The van der Waals surface area contributed by atoms with Crippen molar-refractivity contribution < 1.29 is 9.59 Å². The average molecular weight is 323 g/mol. The van der Waals surface area contributed by atoms with Gasteiger partial charge in [-0.2, -0.15) is 10.5 Å². The van der Waals surface area contributed by atoms with Crippen molar-refractivity contribution in [3.63, 3.8) is 0 Å². The second-order valence-corrected chi connectivity index (χ2v) is 5.27. The summed E-state index contributed by atoms with van der Waals surface area (Å²) in [6.45, 7) is 3.21. The molecule has 0 saturated carbocycles. The van der Waals surface area contributed by atoms with Gasteiger partial charge in [-0.25, -0.2) is 0 Å². The highest BCUT2D eigenvalue weighted by Gasteiger charge is 2.24. The van der Waals surface area contributed by atoms with E-state index in [1.54, 1.807) is 34.1 Å². The van der Waals surface area contributed by atoms with Crippen LogP contribution < -0.4 is 5.32 Å². The Hall–Kier alpha value is -3.32. The van der Waals surface area contributed by atoms with Gasteiger partial charge in [0.15, 0.2) is 0 Å². The molecule has 1 heterocycles. The monoisotopic (exact) mass is 323 g/mol. The van der Waals surface area contributed by atoms with Gasteiger partial charge in [-0.15, -0.1) is 0 Å². The van der Waals surface area contributed by atoms with Crippen molar-refractivity contribution in [2.45, 2.75) is 6.92 Å². The summed E-state index contributed by atoms with van der Waals surface area (Å²) >= 11 is 0. The van der Waals surface area contributed by atoms with Crippen LogP contribution in [0, 0.1) is 22.7 Å². The number of anilines is 1. The molecule has 0 aliphatic carbocycles. The molecule has 1 N–H and O–H groups in total. The Balaban J connectivity index is 2.06. The van der Waals surface area contributed by atoms with Crippen LogP contribution >= 0.6 is 0 Å². The molecule has 2 amide bonds. The molecule has 1 aromatic rings. The fraction of sp³-hybridized carbons (Fsp3) is 0.294. The molecule has 0 radical (unpaired) electrons. The molecule has 2 rings (SSSR count). The Morgan fingerprint density at radius 2 is 1.75 bits per heavy atom. The summed E-state index contributed by atoms with van der Waals surface area (Å²) in [5.74, 6) is -0.407. The molecule has 0 unspecified atom stereocenters. The van der Waals surface area contributed by atoms with Crippen LogP contribution in [-0.2, 0) is 9.59 Å². The fourth-order valence-electron chi connectivity index (χ4n) is 2.39. The number of carbonyl (C=O) groups is 2.